The van der Waals surface area contributed by atoms with Crippen molar-refractivity contribution in [3.8, 4) is 0 Å². The van der Waals surface area contributed by atoms with Crippen molar-refractivity contribution in [2.45, 2.75) is 32.2 Å². The van der Waals surface area contributed by atoms with Gasteiger partial charge < -0.3 is 9.80 Å². The molecular formula is C16H23ClN2O. The maximum Gasteiger partial charge on any atom is 0.253 e. The fraction of sp³-hybridized carbons (Fsp3) is 0.562. The summed E-state index contributed by atoms with van der Waals surface area (Å²) in [6.45, 7) is 5.50. The molecule has 0 aliphatic carbocycles. The molecule has 0 unspecified atom stereocenters. The third kappa shape index (κ3) is 3.74. The van der Waals surface area contributed by atoms with Gasteiger partial charge in [0.1, 0.15) is 0 Å². The Labute approximate surface area is 126 Å². The Kier molecular flexibility index (Phi) is 5.44. The average molecular weight is 295 g/mol. The van der Waals surface area contributed by atoms with Crippen LogP contribution in [0.15, 0.2) is 24.3 Å². The summed E-state index contributed by atoms with van der Waals surface area (Å²) in [7, 11) is 1.91. The number of likely N-dealkylation sites (N-methyl/N-ethyl adjacent to an activating group) is 1. The van der Waals surface area contributed by atoms with E-state index in [2.05, 4.69) is 11.8 Å². The molecule has 4 heteroatoms. The van der Waals surface area contributed by atoms with Gasteiger partial charge in [-0.1, -0.05) is 24.9 Å². The van der Waals surface area contributed by atoms with Gasteiger partial charge in [0.15, 0.2) is 0 Å². The third-order valence-corrected chi connectivity index (χ3v) is 4.25. The molecule has 0 radical (unpaired) electrons. The molecule has 3 nitrogen and oxygen atoms in total. The second-order valence-electron chi connectivity index (χ2n) is 5.52. The molecule has 1 heterocycles. The fourth-order valence-electron chi connectivity index (χ4n) is 2.56. The summed E-state index contributed by atoms with van der Waals surface area (Å²) in [4.78, 5) is 16.8. The monoisotopic (exact) mass is 294 g/mol. The molecule has 0 bridgehead atoms. The Hall–Kier alpha value is -1.06. The Morgan fingerprint density at radius 2 is 2.00 bits per heavy atom. The van der Waals surface area contributed by atoms with Gasteiger partial charge in [0.2, 0.25) is 0 Å². The summed E-state index contributed by atoms with van der Waals surface area (Å²) in [6, 6.07) is 7.44. The van der Waals surface area contributed by atoms with Crippen LogP contribution in [0.25, 0.3) is 0 Å². The first-order valence-corrected chi connectivity index (χ1v) is 7.74. The number of amides is 1. The van der Waals surface area contributed by atoms with E-state index >= 15 is 0 Å². The minimum atomic E-state index is 0.0839. The SMILES string of the molecule is CCC[C@@H](CN1CCC1)N(C)C(=O)c1ccc(Cl)cc1. The molecule has 0 saturated carbocycles. The lowest BCUT2D eigenvalue weighted by Crippen LogP contribution is -2.49. The molecule has 1 amide bonds. The molecule has 0 spiro atoms. The maximum absolute atomic E-state index is 12.5. The van der Waals surface area contributed by atoms with Gasteiger partial charge >= 0.3 is 0 Å². The highest BCUT2D eigenvalue weighted by Gasteiger charge is 2.25. The van der Waals surface area contributed by atoms with E-state index in [0.717, 1.165) is 19.4 Å². The summed E-state index contributed by atoms with van der Waals surface area (Å²) in [5.41, 5.74) is 0.710. The molecule has 0 aromatic heterocycles. The van der Waals surface area contributed by atoms with E-state index in [4.69, 9.17) is 11.6 Å². The predicted molar refractivity (Wildman–Crippen MR) is 83.3 cm³/mol. The zero-order chi connectivity index (χ0) is 14.5. The molecule has 1 aliphatic rings. The van der Waals surface area contributed by atoms with Gasteiger partial charge in [-0.2, -0.15) is 0 Å². The molecule has 2 rings (SSSR count). The molecular weight excluding hydrogens is 272 g/mol. The standard InChI is InChI=1S/C16H23ClN2O/c1-3-5-15(12-19-10-4-11-19)18(2)16(20)13-6-8-14(17)9-7-13/h6-9,15H,3-5,10-12H2,1-2H3/t15-/m0/s1. The number of nitrogens with zero attached hydrogens (tertiary/aromatic N) is 2. The van der Waals surface area contributed by atoms with Gasteiger partial charge in [-0.15, -0.1) is 0 Å². The van der Waals surface area contributed by atoms with E-state index in [1.54, 1.807) is 24.3 Å². The first-order valence-electron chi connectivity index (χ1n) is 7.37. The number of benzene rings is 1. The molecule has 110 valence electrons. The van der Waals surface area contributed by atoms with Crippen LogP contribution in [0.2, 0.25) is 5.02 Å². The lowest BCUT2D eigenvalue weighted by atomic mass is 10.1. The predicted octanol–water partition coefficient (Wildman–Crippen LogP) is 3.29. The van der Waals surface area contributed by atoms with Crippen LogP contribution in [-0.4, -0.2) is 48.4 Å². The van der Waals surface area contributed by atoms with Crippen molar-refractivity contribution in [3.05, 3.63) is 34.9 Å². The van der Waals surface area contributed by atoms with Crippen molar-refractivity contribution < 1.29 is 4.79 Å². The van der Waals surface area contributed by atoms with Crippen molar-refractivity contribution in [1.82, 2.24) is 9.80 Å². The number of hydrogen-bond donors (Lipinski definition) is 0. The smallest absolute Gasteiger partial charge is 0.253 e. The number of rotatable bonds is 6. The van der Waals surface area contributed by atoms with Crippen LogP contribution in [0.3, 0.4) is 0 Å². The Balaban J connectivity index is 2.02. The largest absolute Gasteiger partial charge is 0.337 e. The molecule has 0 N–H and O–H groups in total. The summed E-state index contributed by atoms with van der Waals surface area (Å²) in [6.07, 6.45) is 3.43. The molecule has 1 atom stereocenters. The van der Waals surface area contributed by atoms with Crippen molar-refractivity contribution in [2.24, 2.45) is 0 Å². The van der Waals surface area contributed by atoms with Gasteiger partial charge in [-0.3, -0.25) is 4.79 Å². The van der Waals surface area contributed by atoms with E-state index in [-0.39, 0.29) is 5.91 Å². The minimum absolute atomic E-state index is 0.0839. The summed E-state index contributed by atoms with van der Waals surface area (Å²) >= 11 is 5.87. The van der Waals surface area contributed by atoms with Crippen molar-refractivity contribution in [3.63, 3.8) is 0 Å². The van der Waals surface area contributed by atoms with Crippen molar-refractivity contribution in [2.75, 3.05) is 26.7 Å². The van der Waals surface area contributed by atoms with Gasteiger partial charge in [0, 0.05) is 30.2 Å². The van der Waals surface area contributed by atoms with Crippen LogP contribution in [0, 0.1) is 0 Å². The highest BCUT2D eigenvalue weighted by atomic mass is 35.5. The van der Waals surface area contributed by atoms with Crippen LogP contribution >= 0.6 is 11.6 Å². The molecule has 1 aliphatic heterocycles. The Morgan fingerprint density at radius 1 is 1.35 bits per heavy atom. The van der Waals surface area contributed by atoms with E-state index in [1.807, 2.05) is 11.9 Å². The first kappa shape index (κ1) is 15.3. The Bertz CT molecular complexity index is 442. The number of likely N-dealkylation sites (tertiary alicyclic amines) is 1. The molecule has 1 aromatic carbocycles. The Morgan fingerprint density at radius 3 is 2.50 bits per heavy atom. The molecule has 1 fully saturated rings. The zero-order valence-electron chi connectivity index (χ0n) is 12.3. The zero-order valence-corrected chi connectivity index (χ0v) is 13.1. The second-order valence-corrected chi connectivity index (χ2v) is 5.96. The van der Waals surface area contributed by atoms with Crippen LogP contribution in [0.4, 0.5) is 0 Å². The van der Waals surface area contributed by atoms with Crippen molar-refractivity contribution >= 4 is 17.5 Å². The van der Waals surface area contributed by atoms with Crippen LogP contribution < -0.4 is 0 Å². The number of halogens is 1. The average Bonchev–Trinajstić information content (AvgIpc) is 2.40. The quantitative estimate of drug-likeness (QED) is 0.804. The second kappa shape index (κ2) is 7.09. The molecule has 1 saturated heterocycles. The lowest BCUT2D eigenvalue weighted by Gasteiger charge is -2.37. The van der Waals surface area contributed by atoms with E-state index < -0.39 is 0 Å². The summed E-state index contributed by atoms with van der Waals surface area (Å²) in [5.74, 6) is 0.0839. The fourth-order valence-corrected chi connectivity index (χ4v) is 2.69. The molecule has 20 heavy (non-hydrogen) atoms. The van der Waals surface area contributed by atoms with Crippen LogP contribution in [-0.2, 0) is 0 Å². The van der Waals surface area contributed by atoms with Gasteiger partial charge in [0.05, 0.1) is 0 Å². The van der Waals surface area contributed by atoms with Crippen molar-refractivity contribution in [1.29, 1.82) is 0 Å². The lowest BCUT2D eigenvalue weighted by molar-refractivity contribution is 0.0627. The van der Waals surface area contributed by atoms with E-state index in [1.165, 1.54) is 19.5 Å². The highest BCUT2D eigenvalue weighted by molar-refractivity contribution is 6.30. The van der Waals surface area contributed by atoms with Crippen LogP contribution in [0.5, 0.6) is 0 Å². The number of hydrogen-bond acceptors (Lipinski definition) is 2. The van der Waals surface area contributed by atoms with Gasteiger partial charge in [-0.05, 0) is 50.2 Å². The van der Waals surface area contributed by atoms with E-state index in [9.17, 15) is 4.79 Å². The highest BCUT2D eigenvalue weighted by Crippen LogP contribution is 2.16. The van der Waals surface area contributed by atoms with Gasteiger partial charge in [0.25, 0.3) is 5.91 Å². The normalized spacial score (nSPS) is 16.6. The summed E-state index contributed by atoms with van der Waals surface area (Å²) in [5, 5.41) is 0.662. The third-order valence-electron chi connectivity index (χ3n) is 4.00. The van der Waals surface area contributed by atoms with Gasteiger partial charge in [-0.25, -0.2) is 0 Å². The number of carbonyl (C=O) groups excluding carboxylic acids is 1. The maximum atomic E-state index is 12.5. The topological polar surface area (TPSA) is 23.6 Å². The minimum Gasteiger partial charge on any atom is -0.337 e. The summed E-state index contributed by atoms with van der Waals surface area (Å²) < 4.78 is 0. The number of carbonyl (C=O) groups is 1. The first-order chi connectivity index (χ1) is 9.61. The van der Waals surface area contributed by atoms with E-state index in [0.29, 0.717) is 16.6 Å². The molecule has 1 aromatic rings. The van der Waals surface area contributed by atoms with Crippen LogP contribution in [0.1, 0.15) is 36.5 Å².